The maximum Gasteiger partial charge on any atom is -0.000573 e. The largest absolute Gasteiger partial charge is 0.178 e. The summed E-state index contributed by atoms with van der Waals surface area (Å²) in [5, 5.41) is 0. The maximum absolute atomic E-state index is 4.44. The van der Waals surface area contributed by atoms with Gasteiger partial charge in [-0.15, -0.1) is 0 Å². The molecule has 0 N–H and O–H groups in total. The highest BCUT2D eigenvalue weighted by Gasteiger charge is 2.22. The normalized spacial score (nSPS) is 12.9. The van der Waals surface area contributed by atoms with Crippen LogP contribution in [-0.4, -0.2) is 5.75 Å². The zero-order chi connectivity index (χ0) is 12.6. The summed E-state index contributed by atoms with van der Waals surface area (Å²) >= 11 is 4.44. The lowest BCUT2D eigenvalue weighted by Crippen LogP contribution is -2.21. The molecule has 0 aliphatic heterocycles. The van der Waals surface area contributed by atoms with E-state index in [1.54, 1.807) is 0 Å². The summed E-state index contributed by atoms with van der Waals surface area (Å²) in [6.07, 6.45) is 0. The predicted octanol–water partition coefficient (Wildman–Crippen LogP) is 4.50. The zero-order valence-electron chi connectivity index (χ0n) is 11.4. The van der Waals surface area contributed by atoms with Gasteiger partial charge >= 0.3 is 0 Å². The summed E-state index contributed by atoms with van der Waals surface area (Å²) in [5.41, 5.74) is 4.59. The number of hydrogen-bond donors (Lipinski definition) is 1. The fraction of sp³-hybridized carbons (Fsp3) is 0.600. The third kappa shape index (κ3) is 2.82. The molecule has 0 atom stereocenters. The van der Waals surface area contributed by atoms with Gasteiger partial charge in [0, 0.05) is 0 Å². The number of benzene rings is 1. The van der Waals surface area contributed by atoms with Gasteiger partial charge < -0.3 is 0 Å². The van der Waals surface area contributed by atoms with E-state index in [-0.39, 0.29) is 10.8 Å². The first-order valence-corrected chi connectivity index (χ1v) is 6.54. The van der Waals surface area contributed by atoms with Gasteiger partial charge in [-0.25, -0.2) is 0 Å². The molecule has 0 nitrogen and oxygen atoms in total. The fourth-order valence-corrected chi connectivity index (χ4v) is 2.15. The van der Waals surface area contributed by atoms with E-state index in [1.807, 2.05) is 0 Å². The minimum Gasteiger partial charge on any atom is -0.178 e. The molecule has 0 fully saturated rings. The van der Waals surface area contributed by atoms with Crippen molar-refractivity contribution in [2.24, 2.45) is 0 Å². The van der Waals surface area contributed by atoms with Crippen LogP contribution in [0.2, 0.25) is 0 Å². The van der Waals surface area contributed by atoms with Gasteiger partial charge in [-0.2, -0.15) is 12.6 Å². The van der Waals surface area contributed by atoms with E-state index in [0.717, 1.165) is 5.75 Å². The van der Waals surface area contributed by atoms with Crippen molar-refractivity contribution in [2.45, 2.75) is 52.4 Å². The fourth-order valence-electron chi connectivity index (χ4n) is 1.97. The molecule has 0 aromatic heterocycles. The molecule has 0 saturated carbocycles. The van der Waals surface area contributed by atoms with Crippen LogP contribution in [0.25, 0.3) is 0 Å². The Morgan fingerprint density at radius 2 is 1.62 bits per heavy atom. The lowest BCUT2D eigenvalue weighted by Gasteiger charge is -2.27. The molecule has 1 aromatic carbocycles. The van der Waals surface area contributed by atoms with E-state index >= 15 is 0 Å². The second-order valence-electron chi connectivity index (χ2n) is 6.32. The van der Waals surface area contributed by atoms with Gasteiger partial charge in [0.2, 0.25) is 0 Å². The lowest BCUT2D eigenvalue weighted by molar-refractivity contribution is 0.579. The van der Waals surface area contributed by atoms with Crippen molar-refractivity contribution in [3.8, 4) is 0 Å². The smallest absolute Gasteiger partial charge is 0.000573 e. The minimum atomic E-state index is 0.156. The van der Waals surface area contributed by atoms with Crippen molar-refractivity contribution < 1.29 is 0 Å². The highest BCUT2D eigenvalue weighted by molar-refractivity contribution is 7.80. The second-order valence-corrected chi connectivity index (χ2v) is 6.64. The van der Waals surface area contributed by atoms with Gasteiger partial charge in [-0.05, 0) is 40.2 Å². The number of hydrogen-bond acceptors (Lipinski definition) is 1. The van der Waals surface area contributed by atoms with Crippen molar-refractivity contribution in [1.82, 2.24) is 0 Å². The molecule has 0 heterocycles. The monoisotopic (exact) mass is 236 g/mol. The first-order valence-electron chi connectivity index (χ1n) is 5.91. The average Bonchev–Trinajstić information content (AvgIpc) is 2.16. The van der Waals surface area contributed by atoms with E-state index in [2.05, 4.69) is 72.4 Å². The predicted molar refractivity (Wildman–Crippen MR) is 76.8 cm³/mol. The molecular formula is C15H24S. The molecule has 1 heteroatoms. The van der Waals surface area contributed by atoms with Crippen molar-refractivity contribution in [1.29, 1.82) is 0 Å². The van der Waals surface area contributed by atoms with Gasteiger partial charge in [0.05, 0.1) is 0 Å². The van der Waals surface area contributed by atoms with Crippen LogP contribution in [0.5, 0.6) is 0 Å². The Morgan fingerprint density at radius 1 is 1.06 bits per heavy atom. The Morgan fingerprint density at radius 3 is 2.00 bits per heavy atom. The average molecular weight is 236 g/mol. The SMILES string of the molecule is Cc1cc(C(C)(C)C)ccc1C(C)(C)CS. The van der Waals surface area contributed by atoms with Crippen LogP contribution in [-0.2, 0) is 10.8 Å². The third-order valence-corrected chi connectivity index (χ3v) is 4.01. The number of rotatable bonds is 2. The van der Waals surface area contributed by atoms with Crippen LogP contribution in [0.15, 0.2) is 18.2 Å². The Kier molecular flexibility index (Phi) is 3.79. The van der Waals surface area contributed by atoms with Crippen LogP contribution in [0.4, 0.5) is 0 Å². The van der Waals surface area contributed by atoms with Crippen molar-refractivity contribution >= 4 is 12.6 Å². The van der Waals surface area contributed by atoms with Crippen molar-refractivity contribution in [3.05, 3.63) is 34.9 Å². The van der Waals surface area contributed by atoms with Gasteiger partial charge in [-0.1, -0.05) is 52.8 Å². The molecule has 0 spiro atoms. The van der Waals surface area contributed by atoms with E-state index < -0.39 is 0 Å². The molecule has 0 bridgehead atoms. The minimum absolute atomic E-state index is 0.156. The first-order chi connectivity index (χ1) is 7.18. The molecule has 0 unspecified atom stereocenters. The topological polar surface area (TPSA) is 0 Å². The first kappa shape index (κ1) is 13.6. The number of aryl methyl sites for hydroxylation is 1. The van der Waals surface area contributed by atoms with Crippen LogP contribution in [0.3, 0.4) is 0 Å². The van der Waals surface area contributed by atoms with E-state index in [9.17, 15) is 0 Å². The van der Waals surface area contributed by atoms with Gasteiger partial charge in [-0.3, -0.25) is 0 Å². The summed E-state index contributed by atoms with van der Waals surface area (Å²) in [5.74, 6) is 0.878. The van der Waals surface area contributed by atoms with Gasteiger partial charge in [0.25, 0.3) is 0 Å². The molecule has 1 rings (SSSR count). The Hall–Kier alpha value is -0.430. The van der Waals surface area contributed by atoms with Crippen molar-refractivity contribution in [2.75, 3.05) is 5.75 Å². The molecule has 0 aliphatic rings. The van der Waals surface area contributed by atoms with Crippen LogP contribution in [0.1, 0.15) is 51.3 Å². The molecule has 0 aliphatic carbocycles. The zero-order valence-corrected chi connectivity index (χ0v) is 12.3. The summed E-state index contributed by atoms with van der Waals surface area (Å²) < 4.78 is 0. The summed E-state index contributed by atoms with van der Waals surface area (Å²) in [6, 6.07) is 6.85. The summed E-state index contributed by atoms with van der Waals surface area (Å²) in [4.78, 5) is 0. The van der Waals surface area contributed by atoms with Gasteiger partial charge in [0.1, 0.15) is 0 Å². The molecule has 0 radical (unpaired) electrons. The maximum atomic E-state index is 4.44. The quantitative estimate of drug-likeness (QED) is 0.718. The Labute approximate surface area is 106 Å². The summed E-state index contributed by atoms with van der Waals surface area (Å²) in [7, 11) is 0. The van der Waals surface area contributed by atoms with E-state index in [4.69, 9.17) is 0 Å². The molecule has 90 valence electrons. The van der Waals surface area contributed by atoms with E-state index in [1.165, 1.54) is 16.7 Å². The Balaban J connectivity index is 3.20. The van der Waals surface area contributed by atoms with E-state index in [0.29, 0.717) is 0 Å². The number of thiol groups is 1. The molecule has 1 aromatic rings. The van der Waals surface area contributed by atoms with Crippen LogP contribution in [0, 0.1) is 6.92 Å². The second kappa shape index (κ2) is 4.44. The van der Waals surface area contributed by atoms with Crippen molar-refractivity contribution in [3.63, 3.8) is 0 Å². The van der Waals surface area contributed by atoms with Crippen LogP contribution >= 0.6 is 12.6 Å². The summed E-state index contributed by atoms with van der Waals surface area (Å²) in [6.45, 7) is 13.5. The van der Waals surface area contributed by atoms with Gasteiger partial charge in [0.15, 0.2) is 0 Å². The Bertz CT molecular complexity index is 370. The molecular weight excluding hydrogens is 212 g/mol. The third-order valence-electron chi connectivity index (χ3n) is 3.22. The standard InChI is InChI=1S/C15H24S/c1-11-9-12(14(2,3)4)7-8-13(11)15(5,6)10-16/h7-9,16H,10H2,1-6H3. The molecule has 0 saturated heterocycles. The lowest BCUT2D eigenvalue weighted by atomic mass is 9.79. The molecule has 16 heavy (non-hydrogen) atoms. The molecule has 0 amide bonds. The highest BCUT2D eigenvalue weighted by atomic mass is 32.1. The highest BCUT2D eigenvalue weighted by Crippen LogP contribution is 2.31. The van der Waals surface area contributed by atoms with Crippen LogP contribution < -0.4 is 0 Å².